The first-order valence-electron chi connectivity index (χ1n) is 10.2. The summed E-state index contributed by atoms with van der Waals surface area (Å²) in [6.07, 6.45) is 1.07. The second-order valence-electron chi connectivity index (χ2n) is 7.69. The summed E-state index contributed by atoms with van der Waals surface area (Å²) in [7, 11) is -3.71. The average Bonchev–Trinajstić information content (AvgIpc) is 2.69. The summed E-state index contributed by atoms with van der Waals surface area (Å²) in [5.74, 6) is -0.739. The van der Waals surface area contributed by atoms with E-state index in [4.69, 9.17) is 0 Å². The Labute approximate surface area is 185 Å². The van der Waals surface area contributed by atoms with E-state index in [1.54, 1.807) is 32.0 Å². The number of carbonyl (C=O) groups is 2. The quantitative estimate of drug-likeness (QED) is 0.643. The van der Waals surface area contributed by atoms with Gasteiger partial charge in [-0.25, -0.2) is 8.42 Å². The lowest BCUT2D eigenvalue weighted by Gasteiger charge is -2.31. The van der Waals surface area contributed by atoms with Crippen LogP contribution in [0.25, 0.3) is 0 Å². The number of anilines is 1. The maximum atomic E-state index is 13.3. The van der Waals surface area contributed by atoms with Gasteiger partial charge in [-0.2, -0.15) is 0 Å². The van der Waals surface area contributed by atoms with Gasteiger partial charge in [-0.3, -0.25) is 13.9 Å². The van der Waals surface area contributed by atoms with Crippen LogP contribution < -0.4 is 9.62 Å². The zero-order valence-corrected chi connectivity index (χ0v) is 19.6. The molecule has 0 aliphatic heterocycles. The summed E-state index contributed by atoms with van der Waals surface area (Å²) in [6.45, 7) is 7.51. The normalized spacial score (nSPS) is 12.2. The highest BCUT2D eigenvalue weighted by atomic mass is 32.2. The number of carbonyl (C=O) groups excluding carboxylic acids is 2. The molecule has 1 atom stereocenters. The van der Waals surface area contributed by atoms with Gasteiger partial charge in [0, 0.05) is 13.1 Å². The summed E-state index contributed by atoms with van der Waals surface area (Å²) < 4.78 is 26.1. The van der Waals surface area contributed by atoms with Gasteiger partial charge in [0.2, 0.25) is 21.8 Å². The number of nitrogens with zero attached hydrogens (tertiary/aromatic N) is 2. The lowest BCUT2D eigenvalue weighted by atomic mass is 10.1. The van der Waals surface area contributed by atoms with Crippen LogP contribution in [-0.2, 0) is 26.2 Å². The standard InChI is InChI=1S/C23H31N3O4S/c1-6-24-23(28)19(4)25(15-20-11-7-9-17(2)13-20)22(27)16-26(31(5,29)30)21-12-8-10-18(3)14-21/h7-14,19H,6,15-16H2,1-5H3,(H,24,28)/t19-/m1/s1. The Bertz CT molecular complexity index is 1040. The van der Waals surface area contributed by atoms with Gasteiger partial charge in [0.05, 0.1) is 11.9 Å². The van der Waals surface area contributed by atoms with E-state index < -0.39 is 28.5 Å². The van der Waals surface area contributed by atoms with Gasteiger partial charge in [-0.05, 0) is 51.0 Å². The predicted octanol–water partition coefficient (Wildman–Crippen LogP) is 2.62. The highest BCUT2D eigenvalue weighted by Gasteiger charge is 2.29. The topological polar surface area (TPSA) is 86.8 Å². The molecule has 0 heterocycles. The fourth-order valence-corrected chi connectivity index (χ4v) is 4.15. The summed E-state index contributed by atoms with van der Waals surface area (Å²) >= 11 is 0. The Kier molecular flexibility index (Phi) is 8.21. The Balaban J connectivity index is 2.38. The second-order valence-corrected chi connectivity index (χ2v) is 9.60. The molecule has 2 amide bonds. The van der Waals surface area contributed by atoms with Gasteiger partial charge in [-0.15, -0.1) is 0 Å². The third-order valence-electron chi connectivity index (χ3n) is 4.92. The largest absolute Gasteiger partial charge is 0.355 e. The number of nitrogens with one attached hydrogen (secondary N) is 1. The maximum absolute atomic E-state index is 13.3. The Hall–Kier alpha value is -2.87. The number of hydrogen-bond acceptors (Lipinski definition) is 4. The summed E-state index contributed by atoms with van der Waals surface area (Å²) in [5, 5.41) is 2.74. The van der Waals surface area contributed by atoms with E-state index in [1.165, 1.54) is 4.90 Å². The minimum Gasteiger partial charge on any atom is -0.355 e. The minimum absolute atomic E-state index is 0.199. The molecule has 0 aliphatic rings. The zero-order chi connectivity index (χ0) is 23.2. The maximum Gasteiger partial charge on any atom is 0.244 e. The first kappa shape index (κ1) is 24.4. The summed E-state index contributed by atoms with van der Waals surface area (Å²) in [4.78, 5) is 27.3. The lowest BCUT2D eigenvalue weighted by Crippen LogP contribution is -2.51. The van der Waals surface area contributed by atoms with Gasteiger partial charge in [0.15, 0.2) is 0 Å². The van der Waals surface area contributed by atoms with Crippen molar-refractivity contribution in [2.75, 3.05) is 23.7 Å². The number of likely N-dealkylation sites (N-methyl/N-ethyl adjacent to an activating group) is 1. The number of sulfonamides is 1. The number of rotatable bonds is 9. The van der Waals surface area contributed by atoms with Crippen LogP contribution in [-0.4, -0.2) is 50.5 Å². The average molecular weight is 446 g/mol. The lowest BCUT2D eigenvalue weighted by molar-refractivity contribution is -0.139. The van der Waals surface area contributed by atoms with Crippen LogP contribution in [0.15, 0.2) is 48.5 Å². The molecule has 7 nitrogen and oxygen atoms in total. The first-order chi connectivity index (χ1) is 14.5. The van der Waals surface area contributed by atoms with E-state index in [0.717, 1.165) is 27.3 Å². The SMILES string of the molecule is CCNC(=O)[C@@H](C)N(Cc1cccc(C)c1)C(=O)CN(c1cccc(C)c1)S(C)(=O)=O. The fraction of sp³-hybridized carbons (Fsp3) is 0.391. The second kappa shape index (κ2) is 10.4. The van der Waals surface area contributed by atoms with Crippen molar-refractivity contribution in [2.24, 2.45) is 0 Å². The van der Waals surface area contributed by atoms with E-state index in [2.05, 4.69) is 5.32 Å². The minimum atomic E-state index is -3.71. The first-order valence-corrected chi connectivity index (χ1v) is 12.0. The van der Waals surface area contributed by atoms with Crippen molar-refractivity contribution in [3.8, 4) is 0 Å². The predicted molar refractivity (Wildman–Crippen MR) is 123 cm³/mol. The molecule has 0 bridgehead atoms. The molecule has 2 aromatic carbocycles. The van der Waals surface area contributed by atoms with Crippen LogP contribution in [0.2, 0.25) is 0 Å². The smallest absolute Gasteiger partial charge is 0.244 e. The summed E-state index contributed by atoms with van der Waals surface area (Å²) in [6, 6.07) is 13.9. The molecule has 2 aromatic rings. The molecule has 0 saturated carbocycles. The number of hydrogen-bond donors (Lipinski definition) is 1. The third kappa shape index (κ3) is 6.82. The van der Waals surface area contributed by atoms with Gasteiger partial charge in [-0.1, -0.05) is 42.0 Å². The number of amides is 2. The van der Waals surface area contributed by atoms with Crippen LogP contribution in [0.5, 0.6) is 0 Å². The van der Waals surface area contributed by atoms with E-state index in [0.29, 0.717) is 12.2 Å². The van der Waals surface area contributed by atoms with Crippen LogP contribution in [0.1, 0.15) is 30.5 Å². The highest BCUT2D eigenvalue weighted by Crippen LogP contribution is 2.20. The van der Waals surface area contributed by atoms with Crippen molar-refractivity contribution in [1.82, 2.24) is 10.2 Å². The molecule has 1 N–H and O–H groups in total. The zero-order valence-electron chi connectivity index (χ0n) is 18.8. The molecule has 0 spiro atoms. The molecule has 31 heavy (non-hydrogen) atoms. The molecule has 0 saturated heterocycles. The molecule has 168 valence electrons. The van der Waals surface area contributed by atoms with Crippen molar-refractivity contribution >= 4 is 27.5 Å². The molecule has 8 heteroatoms. The van der Waals surface area contributed by atoms with Crippen molar-refractivity contribution in [3.63, 3.8) is 0 Å². The van der Waals surface area contributed by atoms with Gasteiger partial charge >= 0.3 is 0 Å². The van der Waals surface area contributed by atoms with Crippen LogP contribution in [0.3, 0.4) is 0 Å². The molecule has 0 unspecified atom stereocenters. The molecule has 0 aromatic heterocycles. The summed E-state index contributed by atoms with van der Waals surface area (Å²) in [5.41, 5.74) is 3.20. The Morgan fingerprint density at radius 3 is 2.19 bits per heavy atom. The van der Waals surface area contributed by atoms with Crippen molar-refractivity contribution < 1.29 is 18.0 Å². The van der Waals surface area contributed by atoms with Crippen molar-refractivity contribution in [3.05, 3.63) is 65.2 Å². The molecule has 0 aliphatic carbocycles. The van der Waals surface area contributed by atoms with Crippen LogP contribution >= 0.6 is 0 Å². The third-order valence-corrected chi connectivity index (χ3v) is 6.06. The molecular weight excluding hydrogens is 414 g/mol. The van der Waals surface area contributed by atoms with Gasteiger partial charge in [0.25, 0.3) is 0 Å². The molecule has 0 fully saturated rings. The van der Waals surface area contributed by atoms with E-state index in [1.807, 2.05) is 44.2 Å². The number of benzene rings is 2. The van der Waals surface area contributed by atoms with Crippen molar-refractivity contribution in [1.29, 1.82) is 0 Å². The van der Waals surface area contributed by atoms with Gasteiger partial charge < -0.3 is 10.2 Å². The highest BCUT2D eigenvalue weighted by molar-refractivity contribution is 7.92. The monoisotopic (exact) mass is 445 g/mol. The van der Waals surface area contributed by atoms with Crippen LogP contribution in [0.4, 0.5) is 5.69 Å². The molecule has 0 radical (unpaired) electrons. The fourth-order valence-electron chi connectivity index (χ4n) is 3.31. The Morgan fingerprint density at radius 2 is 1.65 bits per heavy atom. The molecule has 2 rings (SSSR count). The van der Waals surface area contributed by atoms with E-state index in [-0.39, 0.29) is 12.5 Å². The van der Waals surface area contributed by atoms with Crippen molar-refractivity contribution in [2.45, 2.75) is 40.3 Å². The molecular formula is C23H31N3O4S. The van der Waals surface area contributed by atoms with Crippen LogP contribution in [0, 0.1) is 13.8 Å². The van der Waals surface area contributed by atoms with E-state index >= 15 is 0 Å². The van der Waals surface area contributed by atoms with E-state index in [9.17, 15) is 18.0 Å². The number of aryl methyl sites for hydroxylation is 2. The Morgan fingerprint density at radius 1 is 1.03 bits per heavy atom. The van der Waals surface area contributed by atoms with Gasteiger partial charge in [0.1, 0.15) is 12.6 Å².